The summed E-state index contributed by atoms with van der Waals surface area (Å²) < 4.78 is 5.86. The average molecular weight is 279 g/mol. The average Bonchev–Trinajstić information content (AvgIpc) is 3.00. The Balaban J connectivity index is 1.84. The number of aliphatic hydroxyl groups is 1. The number of benzene rings is 1. The van der Waals surface area contributed by atoms with Crippen LogP contribution in [0.25, 0.3) is 0 Å². The molecule has 19 heavy (non-hydrogen) atoms. The van der Waals surface area contributed by atoms with Crippen molar-refractivity contribution < 1.29 is 9.84 Å². The Morgan fingerprint density at radius 3 is 3.05 bits per heavy atom. The summed E-state index contributed by atoms with van der Waals surface area (Å²) in [6.07, 6.45) is 1.55. The van der Waals surface area contributed by atoms with Crippen LogP contribution in [0.15, 0.2) is 24.3 Å². The molecule has 3 rings (SSSR count). The molecule has 1 fully saturated rings. The quantitative estimate of drug-likeness (QED) is 0.884. The van der Waals surface area contributed by atoms with Crippen LogP contribution in [-0.2, 0) is 6.42 Å². The summed E-state index contributed by atoms with van der Waals surface area (Å²) in [5.74, 6) is 3.51. The Kier molecular flexibility index (Phi) is 3.74. The van der Waals surface area contributed by atoms with E-state index in [9.17, 15) is 5.11 Å². The smallest absolute Gasteiger partial charge is 0.122 e. The first kappa shape index (κ1) is 13.3. The Labute approximate surface area is 118 Å². The maximum absolute atomic E-state index is 10.8. The maximum atomic E-state index is 10.8. The minimum Gasteiger partial charge on any atom is -0.493 e. The van der Waals surface area contributed by atoms with Gasteiger partial charge in [0, 0.05) is 12.0 Å². The zero-order valence-corrected chi connectivity index (χ0v) is 11.9. The second-order valence-electron chi connectivity index (χ2n) is 5.71. The van der Waals surface area contributed by atoms with Gasteiger partial charge in [0.2, 0.25) is 0 Å². The van der Waals surface area contributed by atoms with Crippen molar-refractivity contribution in [1.82, 2.24) is 0 Å². The molecule has 0 radical (unpaired) electrons. The van der Waals surface area contributed by atoms with Crippen molar-refractivity contribution in [3.8, 4) is 5.75 Å². The highest BCUT2D eigenvalue weighted by Gasteiger charge is 2.45. The van der Waals surface area contributed by atoms with Crippen LogP contribution in [0.4, 0.5) is 0 Å². The molecule has 0 saturated carbocycles. The fourth-order valence-corrected chi connectivity index (χ4v) is 4.47. The van der Waals surface area contributed by atoms with Gasteiger partial charge >= 0.3 is 0 Å². The van der Waals surface area contributed by atoms with E-state index in [0.717, 1.165) is 30.1 Å². The molecule has 1 aromatic carbocycles. The summed E-state index contributed by atoms with van der Waals surface area (Å²) in [6, 6.07) is 8.08. The van der Waals surface area contributed by atoms with Crippen LogP contribution in [0.2, 0.25) is 0 Å². The van der Waals surface area contributed by atoms with Crippen LogP contribution in [-0.4, -0.2) is 35.9 Å². The van der Waals surface area contributed by atoms with Gasteiger partial charge in [0.1, 0.15) is 5.75 Å². The van der Waals surface area contributed by atoms with Crippen LogP contribution in [0, 0.1) is 11.3 Å². The van der Waals surface area contributed by atoms with Gasteiger partial charge in [0.05, 0.1) is 12.7 Å². The Hall–Kier alpha value is -0.710. The summed E-state index contributed by atoms with van der Waals surface area (Å²) in [5, 5.41) is 10.8. The molecule has 4 heteroatoms. The number of rotatable bonds is 3. The molecule has 0 aliphatic carbocycles. The van der Waals surface area contributed by atoms with Gasteiger partial charge in [-0.1, -0.05) is 18.2 Å². The van der Waals surface area contributed by atoms with Gasteiger partial charge in [0.15, 0.2) is 0 Å². The zero-order valence-electron chi connectivity index (χ0n) is 11.0. The van der Waals surface area contributed by atoms with Gasteiger partial charge in [-0.05, 0) is 41.9 Å². The number of thioether (sulfide) groups is 1. The molecule has 2 aliphatic rings. The summed E-state index contributed by atoms with van der Waals surface area (Å²) in [5.41, 5.74) is 6.87. The third-order valence-corrected chi connectivity index (χ3v) is 5.66. The van der Waals surface area contributed by atoms with Crippen LogP contribution >= 0.6 is 11.8 Å². The molecule has 0 aromatic heterocycles. The second kappa shape index (κ2) is 5.35. The lowest BCUT2D eigenvalue weighted by atomic mass is 9.71. The third kappa shape index (κ3) is 2.37. The van der Waals surface area contributed by atoms with E-state index < -0.39 is 0 Å². The number of aliphatic hydroxyl groups excluding tert-OH is 1. The summed E-state index contributed by atoms with van der Waals surface area (Å²) in [6.45, 7) is 1.01. The number of ether oxygens (including phenoxy) is 1. The summed E-state index contributed by atoms with van der Waals surface area (Å²) in [7, 11) is 0. The molecule has 2 aliphatic heterocycles. The van der Waals surface area contributed by atoms with Crippen LogP contribution < -0.4 is 10.5 Å². The molecule has 3 unspecified atom stereocenters. The maximum Gasteiger partial charge on any atom is 0.122 e. The monoisotopic (exact) mass is 279 g/mol. The van der Waals surface area contributed by atoms with Crippen molar-refractivity contribution in [2.24, 2.45) is 17.1 Å². The first-order chi connectivity index (χ1) is 9.25. The molecule has 0 spiro atoms. The molecule has 1 aromatic rings. The third-order valence-electron chi connectivity index (χ3n) is 4.48. The molecular formula is C15H21NO2S. The molecule has 1 saturated heterocycles. The van der Waals surface area contributed by atoms with E-state index in [1.165, 1.54) is 5.56 Å². The van der Waals surface area contributed by atoms with Gasteiger partial charge in [-0.25, -0.2) is 0 Å². The molecule has 3 nitrogen and oxygen atoms in total. The van der Waals surface area contributed by atoms with E-state index in [1.54, 1.807) is 0 Å². The number of para-hydroxylation sites is 1. The number of nitrogens with two attached hydrogens (primary N) is 1. The highest BCUT2D eigenvalue weighted by molar-refractivity contribution is 7.99. The minimum atomic E-state index is -0.360. The molecule has 0 amide bonds. The molecule has 2 heterocycles. The van der Waals surface area contributed by atoms with Crippen molar-refractivity contribution in [2.75, 3.05) is 24.7 Å². The van der Waals surface area contributed by atoms with Gasteiger partial charge in [0.25, 0.3) is 0 Å². The number of hydrogen-bond acceptors (Lipinski definition) is 4. The van der Waals surface area contributed by atoms with Crippen molar-refractivity contribution >= 4 is 11.8 Å². The fraction of sp³-hybridized carbons (Fsp3) is 0.600. The Morgan fingerprint density at radius 2 is 2.32 bits per heavy atom. The molecule has 104 valence electrons. The summed E-state index contributed by atoms with van der Waals surface area (Å²) >= 11 is 1.93. The fourth-order valence-electron chi connectivity index (χ4n) is 3.19. The van der Waals surface area contributed by atoms with E-state index in [4.69, 9.17) is 10.5 Å². The lowest BCUT2D eigenvalue weighted by Crippen LogP contribution is -2.52. The van der Waals surface area contributed by atoms with Crippen LogP contribution in [0.1, 0.15) is 12.0 Å². The first-order valence-corrected chi connectivity index (χ1v) is 8.07. The molecular weight excluding hydrogens is 258 g/mol. The van der Waals surface area contributed by atoms with Gasteiger partial charge in [-0.15, -0.1) is 0 Å². The molecule has 3 N–H and O–H groups in total. The highest BCUT2D eigenvalue weighted by Crippen LogP contribution is 2.41. The topological polar surface area (TPSA) is 55.5 Å². The lowest BCUT2D eigenvalue weighted by Gasteiger charge is -2.42. The lowest BCUT2D eigenvalue weighted by molar-refractivity contribution is -0.0423. The first-order valence-electron chi connectivity index (χ1n) is 6.92. The zero-order chi connectivity index (χ0) is 13.3. The van der Waals surface area contributed by atoms with Crippen molar-refractivity contribution in [2.45, 2.75) is 18.9 Å². The minimum absolute atomic E-state index is 0.316. The van der Waals surface area contributed by atoms with Gasteiger partial charge in [-0.3, -0.25) is 0 Å². The second-order valence-corrected chi connectivity index (χ2v) is 6.86. The predicted octanol–water partition coefficient (Wildman–Crippen LogP) is 1.68. The Morgan fingerprint density at radius 1 is 1.47 bits per heavy atom. The van der Waals surface area contributed by atoms with Crippen molar-refractivity contribution in [1.29, 1.82) is 0 Å². The van der Waals surface area contributed by atoms with E-state index in [2.05, 4.69) is 6.07 Å². The van der Waals surface area contributed by atoms with E-state index in [-0.39, 0.29) is 11.5 Å². The van der Waals surface area contributed by atoms with Gasteiger partial charge < -0.3 is 15.6 Å². The van der Waals surface area contributed by atoms with Gasteiger partial charge in [-0.2, -0.15) is 11.8 Å². The number of hydrogen-bond donors (Lipinski definition) is 2. The highest BCUT2D eigenvalue weighted by atomic mass is 32.2. The molecule has 3 atom stereocenters. The SMILES string of the molecule is NCC1(C(O)C2CCSC2)COc2ccccc2C1. The van der Waals surface area contributed by atoms with Crippen molar-refractivity contribution in [3.05, 3.63) is 29.8 Å². The largest absolute Gasteiger partial charge is 0.493 e. The Bertz CT molecular complexity index is 448. The predicted molar refractivity (Wildman–Crippen MR) is 78.6 cm³/mol. The number of fused-ring (bicyclic) bond motifs is 1. The van der Waals surface area contributed by atoms with E-state index in [1.807, 2.05) is 30.0 Å². The standard InChI is InChI=1S/C15H21NO2S/c16-9-15(14(17)12-5-6-19-8-12)7-11-3-1-2-4-13(11)18-10-15/h1-4,12,14,17H,5-10,16H2. The molecule has 0 bridgehead atoms. The summed E-state index contributed by atoms with van der Waals surface area (Å²) in [4.78, 5) is 0. The van der Waals surface area contributed by atoms with Crippen LogP contribution in [0.5, 0.6) is 5.75 Å². The van der Waals surface area contributed by atoms with E-state index >= 15 is 0 Å². The van der Waals surface area contributed by atoms with Crippen molar-refractivity contribution in [3.63, 3.8) is 0 Å². The van der Waals surface area contributed by atoms with E-state index in [0.29, 0.717) is 19.1 Å². The van der Waals surface area contributed by atoms with Crippen LogP contribution in [0.3, 0.4) is 0 Å². The normalized spacial score (nSPS) is 31.6.